The summed E-state index contributed by atoms with van der Waals surface area (Å²) in [4.78, 5) is 12.8. The monoisotopic (exact) mass is 437 g/mol. The first kappa shape index (κ1) is 22.2. The molecule has 1 amide bonds. The molecule has 7 heteroatoms. The van der Waals surface area contributed by atoms with Crippen LogP contribution in [0.25, 0.3) is 16.7 Å². The summed E-state index contributed by atoms with van der Waals surface area (Å²) in [5.41, 5.74) is 3.20. The molecule has 0 aliphatic heterocycles. The highest BCUT2D eigenvalue weighted by atomic mass is 35.5. The van der Waals surface area contributed by atoms with E-state index in [1.807, 2.05) is 31.2 Å². The lowest BCUT2D eigenvalue weighted by atomic mass is 9.85. The van der Waals surface area contributed by atoms with Crippen LogP contribution in [0.2, 0.25) is 5.02 Å². The van der Waals surface area contributed by atoms with Crippen molar-refractivity contribution in [3.05, 3.63) is 64.9 Å². The lowest BCUT2D eigenvalue weighted by molar-refractivity contribution is -0.182. The summed E-state index contributed by atoms with van der Waals surface area (Å²) >= 11 is 5.94. The van der Waals surface area contributed by atoms with Crippen LogP contribution in [-0.2, 0) is 4.79 Å². The number of hydrogen-bond donors (Lipinski definition) is 2. The molecule has 0 atom stereocenters. The van der Waals surface area contributed by atoms with Crippen molar-refractivity contribution in [3.63, 3.8) is 0 Å². The van der Waals surface area contributed by atoms with Gasteiger partial charge in [-0.1, -0.05) is 35.9 Å². The molecule has 0 bridgehead atoms. The first-order chi connectivity index (χ1) is 14.2. The maximum Gasteiger partial charge on any atom is 0.391 e. The highest BCUT2D eigenvalue weighted by Crippen LogP contribution is 2.37. The fourth-order valence-corrected chi connectivity index (χ4v) is 3.94. The predicted molar refractivity (Wildman–Crippen MR) is 112 cm³/mol. The summed E-state index contributed by atoms with van der Waals surface area (Å²) in [6.45, 7) is 1.83. The number of carbonyl (C=O) groups excluding carboxylic acids is 1. The second-order valence-corrected chi connectivity index (χ2v) is 8.08. The molecule has 1 aliphatic carbocycles. The number of aliphatic hydroxyl groups excluding tert-OH is 1. The summed E-state index contributed by atoms with van der Waals surface area (Å²) < 4.78 is 38.5. The molecule has 2 aromatic carbocycles. The topological polar surface area (TPSA) is 49.3 Å². The lowest BCUT2D eigenvalue weighted by Crippen LogP contribution is -2.40. The van der Waals surface area contributed by atoms with Crippen LogP contribution in [-0.4, -0.2) is 23.2 Å². The highest BCUT2D eigenvalue weighted by molar-refractivity contribution is 6.30. The number of aliphatic hydroxyl groups is 1. The molecule has 3 nitrogen and oxygen atoms in total. The second kappa shape index (κ2) is 9.13. The maximum absolute atomic E-state index is 12.8. The molecule has 2 N–H and O–H groups in total. The van der Waals surface area contributed by atoms with Crippen LogP contribution in [0.1, 0.15) is 36.8 Å². The molecule has 0 saturated heterocycles. The molecule has 160 valence electrons. The van der Waals surface area contributed by atoms with Crippen molar-refractivity contribution in [2.24, 2.45) is 5.92 Å². The van der Waals surface area contributed by atoms with Crippen molar-refractivity contribution in [2.75, 3.05) is 0 Å². The number of rotatable bonds is 4. The van der Waals surface area contributed by atoms with E-state index in [9.17, 15) is 23.1 Å². The van der Waals surface area contributed by atoms with E-state index in [0.717, 1.165) is 23.0 Å². The molecule has 30 heavy (non-hydrogen) atoms. The molecule has 0 heterocycles. The quantitative estimate of drug-likeness (QED) is 0.426. The Morgan fingerprint density at radius 3 is 2.23 bits per heavy atom. The predicted octanol–water partition coefficient (Wildman–Crippen LogP) is 6.45. The fourth-order valence-electron chi connectivity index (χ4n) is 3.81. The molecule has 1 saturated carbocycles. The van der Waals surface area contributed by atoms with Crippen molar-refractivity contribution in [2.45, 2.75) is 44.8 Å². The number of alkyl halides is 3. The van der Waals surface area contributed by atoms with Gasteiger partial charge in [0.25, 0.3) is 5.91 Å². The number of hydrogen-bond acceptors (Lipinski definition) is 2. The van der Waals surface area contributed by atoms with Crippen molar-refractivity contribution in [3.8, 4) is 11.1 Å². The molecule has 1 fully saturated rings. The van der Waals surface area contributed by atoms with Gasteiger partial charge in [0.2, 0.25) is 0 Å². The number of halogens is 4. The first-order valence-electron chi connectivity index (χ1n) is 9.78. The smallest absolute Gasteiger partial charge is 0.391 e. The van der Waals surface area contributed by atoms with Crippen molar-refractivity contribution >= 4 is 23.1 Å². The Hall–Kier alpha value is -2.47. The average molecular weight is 438 g/mol. The molecule has 1 aliphatic rings. The summed E-state index contributed by atoms with van der Waals surface area (Å²) in [7, 11) is 0. The number of carbonyl (C=O) groups is 1. The normalized spacial score (nSPS) is 20.1. The van der Waals surface area contributed by atoms with E-state index < -0.39 is 18.0 Å². The van der Waals surface area contributed by atoms with E-state index in [1.54, 1.807) is 18.2 Å². The Balaban J connectivity index is 1.75. The Morgan fingerprint density at radius 1 is 1.07 bits per heavy atom. The van der Waals surface area contributed by atoms with Gasteiger partial charge in [-0.3, -0.25) is 4.79 Å². The van der Waals surface area contributed by atoms with Gasteiger partial charge in [0.15, 0.2) is 0 Å². The number of aryl methyl sites for hydroxylation is 1. The third-order valence-corrected chi connectivity index (χ3v) is 5.86. The van der Waals surface area contributed by atoms with Crippen LogP contribution in [0.15, 0.2) is 48.7 Å². The Bertz CT molecular complexity index is 930. The van der Waals surface area contributed by atoms with Crippen LogP contribution in [0.5, 0.6) is 0 Å². The van der Waals surface area contributed by atoms with Crippen LogP contribution < -0.4 is 5.32 Å². The number of amides is 1. The van der Waals surface area contributed by atoms with Crippen LogP contribution >= 0.6 is 11.6 Å². The van der Waals surface area contributed by atoms with E-state index >= 15 is 0 Å². The van der Waals surface area contributed by atoms with E-state index in [1.165, 1.54) is 0 Å². The van der Waals surface area contributed by atoms with Gasteiger partial charge in [0.1, 0.15) is 0 Å². The second-order valence-electron chi connectivity index (χ2n) is 7.64. The van der Waals surface area contributed by atoms with Gasteiger partial charge in [-0.2, -0.15) is 13.2 Å². The Morgan fingerprint density at radius 2 is 1.67 bits per heavy atom. The molecule has 3 rings (SSSR count). The minimum absolute atomic E-state index is 0.00228. The third kappa shape index (κ3) is 5.17. The molecule has 0 radical (unpaired) electrons. The van der Waals surface area contributed by atoms with Crippen molar-refractivity contribution in [1.29, 1.82) is 0 Å². The van der Waals surface area contributed by atoms with Gasteiger partial charge < -0.3 is 10.4 Å². The molecule has 0 spiro atoms. The Kier molecular flexibility index (Phi) is 6.76. The van der Waals surface area contributed by atoms with Gasteiger partial charge in [-0.25, -0.2) is 0 Å². The maximum atomic E-state index is 12.8. The van der Waals surface area contributed by atoms with Crippen molar-refractivity contribution in [1.82, 2.24) is 5.32 Å². The van der Waals surface area contributed by atoms with E-state index in [-0.39, 0.29) is 37.3 Å². The van der Waals surface area contributed by atoms with Crippen LogP contribution in [0.3, 0.4) is 0 Å². The van der Waals surface area contributed by atoms with Crippen LogP contribution in [0.4, 0.5) is 13.2 Å². The first-order valence-corrected chi connectivity index (χ1v) is 10.2. The SMILES string of the molecule is Cc1ccc(-c2ccc(Cl)cc2)cc1/C(=C\O)C(=O)NC1CCC(C(F)(F)F)CC1. The standard InChI is InChI=1S/C23H23ClF3NO2/c1-14-2-3-16(15-4-8-18(24)9-5-15)12-20(14)21(13-29)22(30)28-19-10-6-17(7-11-19)23(25,26)27/h2-5,8-9,12-13,17,19,29H,6-7,10-11H2,1H3,(H,28,30)/b21-13+. The van der Waals surface area contributed by atoms with Gasteiger partial charge in [0.05, 0.1) is 17.8 Å². The highest BCUT2D eigenvalue weighted by Gasteiger charge is 2.41. The summed E-state index contributed by atoms with van der Waals surface area (Å²) in [5.74, 6) is -1.80. The minimum Gasteiger partial charge on any atom is -0.515 e. The van der Waals surface area contributed by atoms with Crippen molar-refractivity contribution < 1.29 is 23.1 Å². The molecule has 0 unspecified atom stereocenters. The lowest BCUT2D eigenvalue weighted by Gasteiger charge is -2.30. The molecular formula is C23H23ClF3NO2. The van der Waals surface area contributed by atoms with Gasteiger partial charge in [-0.15, -0.1) is 0 Å². The van der Waals surface area contributed by atoms with E-state index in [2.05, 4.69) is 5.32 Å². The molecule has 0 aromatic heterocycles. The van der Waals surface area contributed by atoms with E-state index in [4.69, 9.17) is 11.6 Å². The summed E-state index contributed by atoms with van der Waals surface area (Å²) in [5, 5.41) is 13.2. The zero-order chi connectivity index (χ0) is 21.9. The summed E-state index contributed by atoms with van der Waals surface area (Å²) in [6, 6.07) is 12.5. The fraction of sp³-hybridized carbons (Fsp3) is 0.348. The van der Waals surface area contributed by atoms with Gasteiger partial charge in [-0.05, 0) is 73.1 Å². The molecule has 2 aromatic rings. The number of nitrogens with one attached hydrogen (secondary N) is 1. The minimum atomic E-state index is -4.19. The van der Waals surface area contributed by atoms with E-state index in [0.29, 0.717) is 10.6 Å². The third-order valence-electron chi connectivity index (χ3n) is 5.60. The average Bonchev–Trinajstić information content (AvgIpc) is 2.70. The largest absolute Gasteiger partial charge is 0.515 e. The van der Waals surface area contributed by atoms with Crippen LogP contribution in [0, 0.1) is 12.8 Å². The number of benzene rings is 2. The zero-order valence-corrected chi connectivity index (χ0v) is 17.2. The molecular weight excluding hydrogens is 415 g/mol. The Labute approximate surface area is 178 Å². The van der Waals surface area contributed by atoms with Gasteiger partial charge >= 0.3 is 6.18 Å². The van der Waals surface area contributed by atoms with Gasteiger partial charge in [0, 0.05) is 11.1 Å². The summed E-state index contributed by atoms with van der Waals surface area (Å²) in [6.07, 6.45) is -2.92. The zero-order valence-electron chi connectivity index (χ0n) is 16.5.